The van der Waals surface area contributed by atoms with Crippen LogP contribution in [0, 0.1) is 11.8 Å². The zero-order valence-corrected chi connectivity index (χ0v) is 10.8. The van der Waals surface area contributed by atoms with E-state index in [-0.39, 0.29) is 0 Å². The van der Waals surface area contributed by atoms with Gasteiger partial charge in [-0.2, -0.15) is 0 Å². The first-order valence-corrected chi connectivity index (χ1v) is 7.17. The van der Waals surface area contributed by atoms with Crippen LogP contribution in [0.25, 0.3) is 0 Å². The maximum Gasteiger partial charge on any atom is 0.104 e. The van der Waals surface area contributed by atoms with Gasteiger partial charge in [0.1, 0.15) is 6.10 Å². The molecule has 17 heavy (non-hydrogen) atoms. The highest BCUT2D eigenvalue weighted by molar-refractivity contribution is 4.92. The van der Waals surface area contributed by atoms with Crippen LogP contribution in [-0.4, -0.2) is 38.1 Å². The van der Waals surface area contributed by atoms with Gasteiger partial charge in [-0.1, -0.05) is 6.92 Å². The van der Waals surface area contributed by atoms with E-state index < -0.39 is 0 Å². The van der Waals surface area contributed by atoms with E-state index >= 15 is 0 Å². The molecule has 0 amide bonds. The Morgan fingerprint density at radius 2 is 2.18 bits per heavy atom. The van der Waals surface area contributed by atoms with Gasteiger partial charge in [-0.25, -0.2) is 0 Å². The predicted molar refractivity (Wildman–Crippen MR) is 65.0 cm³/mol. The molecule has 1 aliphatic carbocycles. The smallest absolute Gasteiger partial charge is 0.104 e. The van der Waals surface area contributed by atoms with Crippen LogP contribution in [0.2, 0.25) is 0 Å². The Morgan fingerprint density at radius 1 is 1.29 bits per heavy atom. The zero-order chi connectivity index (χ0) is 11.7. The second-order valence-electron chi connectivity index (χ2n) is 5.94. The van der Waals surface area contributed by atoms with Gasteiger partial charge in [-0.05, 0) is 43.9 Å². The molecule has 3 aliphatic rings. The van der Waals surface area contributed by atoms with E-state index in [1.165, 1.54) is 32.1 Å². The largest absolute Gasteiger partial charge is 0.379 e. The quantitative estimate of drug-likeness (QED) is 0.506. The highest BCUT2D eigenvalue weighted by Crippen LogP contribution is 2.42. The molecular formula is C14H24O3. The maximum absolute atomic E-state index is 5.60. The molecule has 2 aliphatic heterocycles. The number of rotatable bonds is 7. The summed E-state index contributed by atoms with van der Waals surface area (Å²) in [6.07, 6.45) is 8.15. The second kappa shape index (κ2) is 5.25. The van der Waals surface area contributed by atoms with E-state index in [2.05, 4.69) is 6.92 Å². The lowest BCUT2D eigenvalue weighted by molar-refractivity contribution is 0.107. The fourth-order valence-electron chi connectivity index (χ4n) is 3.07. The van der Waals surface area contributed by atoms with Crippen LogP contribution in [-0.2, 0) is 14.2 Å². The molecule has 0 N–H and O–H groups in total. The average molecular weight is 240 g/mol. The summed E-state index contributed by atoms with van der Waals surface area (Å²) in [5.74, 6) is 1.73. The summed E-state index contributed by atoms with van der Waals surface area (Å²) in [7, 11) is 0. The Hall–Kier alpha value is -0.120. The summed E-state index contributed by atoms with van der Waals surface area (Å²) in [4.78, 5) is 0. The van der Waals surface area contributed by atoms with E-state index in [1.807, 2.05) is 0 Å². The summed E-state index contributed by atoms with van der Waals surface area (Å²) >= 11 is 0. The van der Waals surface area contributed by atoms with Crippen LogP contribution in [0.1, 0.15) is 39.0 Å². The maximum atomic E-state index is 5.60. The van der Waals surface area contributed by atoms with Gasteiger partial charge >= 0.3 is 0 Å². The van der Waals surface area contributed by atoms with E-state index in [9.17, 15) is 0 Å². The van der Waals surface area contributed by atoms with Crippen LogP contribution in [0.15, 0.2) is 0 Å². The fourth-order valence-corrected chi connectivity index (χ4v) is 3.07. The van der Waals surface area contributed by atoms with Gasteiger partial charge < -0.3 is 14.2 Å². The van der Waals surface area contributed by atoms with Crippen molar-refractivity contribution in [3.63, 3.8) is 0 Å². The number of hydrogen-bond acceptors (Lipinski definition) is 3. The Bertz CT molecular complexity index is 252. The van der Waals surface area contributed by atoms with Crippen molar-refractivity contribution in [1.82, 2.24) is 0 Å². The Labute approximate surface area is 104 Å². The van der Waals surface area contributed by atoms with Crippen LogP contribution in [0.3, 0.4) is 0 Å². The molecule has 3 nitrogen and oxygen atoms in total. The minimum Gasteiger partial charge on any atom is -0.379 e. The first kappa shape index (κ1) is 11.9. The molecule has 98 valence electrons. The summed E-state index contributed by atoms with van der Waals surface area (Å²) in [6.45, 7) is 5.01. The minimum absolute atomic E-state index is 0.412. The fraction of sp³-hybridized carbons (Fsp3) is 1.00. The van der Waals surface area contributed by atoms with E-state index in [1.54, 1.807) is 0 Å². The minimum atomic E-state index is 0.412. The van der Waals surface area contributed by atoms with Gasteiger partial charge in [0.15, 0.2) is 0 Å². The van der Waals surface area contributed by atoms with Crippen molar-refractivity contribution >= 4 is 0 Å². The van der Waals surface area contributed by atoms with Crippen molar-refractivity contribution in [2.45, 2.75) is 57.3 Å². The topological polar surface area (TPSA) is 34.3 Å². The molecule has 0 radical (unpaired) electrons. The Balaban J connectivity index is 1.25. The molecule has 0 bridgehead atoms. The molecule has 3 rings (SSSR count). The lowest BCUT2D eigenvalue weighted by Gasteiger charge is -2.25. The molecule has 3 heteroatoms. The molecule has 5 unspecified atom stereocenters. The lowest BCUT2D eigenvalue weighted by atomic mass is 9.79. The summed E-state index contributed by atoms with van der Waals surface area (Å²) in [5, 5.41) is 0. The normalized spacial score (nSPS) is 40.8. The Morgan fingerprint density at radius 3 is 2.94 bits per heavy atom. The van der Waals surface area contributed by atoms with Crippen molar-refractivity contribution in [3.05, 3.63) is 0 Å². The third kappa shape index (κ3) is 3.43. The van der Waals surface area contributed by atoms with Crippen molar-refractivity contribution < 1.29 is 14.2 Å². The first-order valence-electron chi connectivity index (χ1n) is 7.17. The standard InChI is InChI=1S/C14H24O3/c1-10(3-2-6-15-8-12-9-16-12)11-4-5-13-14(7-11)17-13/h10-14H,2-9H2,1H3. The summed E-state index contributed by atoms with van der Waals surface area (Å²) < 4.78 is 16.3. The second-order valence-corrected chi connectivity index (χ2v) is 5.94. The molecule has 2 saturated heterocycles. The van der Waals surface area contributed by atoms with Gasteiger partial charge in [0.25, 0.3) is 0 Å². The number of fused-ring (bicyclic) bond motifs is 1. The van der Waals surface area contributed by atoms with E-state index in [0.29, 0.717) is 18.3 Å². The first-order chi connectivity index (χ1) is 8.33. The van der Waals surface area contributed by atoms with E-state index in [4.69, 9.17) is 14.2 Å². The number of epoxide rings is 2. The molecular weight excluding hydrogens is 216 g/mol. The van der Waals surface area contributed by atoms with E-state index in [0.717, 1.165) is 31.7 Å². The highest BCUT2D eigenvalue weighted by atomic mass is 16.6. The molecule has 0 aromatic carbocycles. The molecule has 1 saturated carbocycles. The van der Waals surface area contributed by atoms with Gasteiger partial charge in [0.2, 0.25) is 0 Å². The van der Waals surface area contributed by atoms with Crippen molar-refractivity contribution in [1.29, 1.82) is 0 Å². The Kier molecular flexibility index (Phi) is 3.69. The van der Waals surface area contributed by atoms with Gasteiger partial charge in [0.05, 0.1) is 25.4 Å². The summed E-state index contributed by atoms with van der Waals surface area (Å²) in [6, 6.07) is 0. The molecule has 0 spiro atoms. The molecule has 2 heterocycles. The predicted octanol–water partition coefficient (Wildman–Crippen LogP) is 2.39. The molecule has 3 fully saturated rings. The van der Waals surface area contributed by atoms with Crippen LogP contribution < -0.4 is 0 Å². The third-order valence-corrected chi connectivity index (χ3v) is 4.50. The van der Waals surface area contributed by atoms with Gasteiger partial charge in [-0.15, -0.1) is 0 Å². The van der Waals surface area contributed by atoms with Crippen molar-refractivity contribution in [2.24, 2.45) is 11.8 Å². The van der Waals surface area contributed by atoms with Crippen LogP contribution in [0.4, 0.5) is 0 Å². The monoisotopic (exact) mass is 240 g/mol. The molecule has 0 aromatic heterocycles. The average Bonchev–Trinajstić information content (AvgIpc) is 3.21. The number of hydrogen-bond donors (Lipinski definition) is 0. The van der Waals surface area contributed by atoms with Gasteiger partial charge in [-0.3, -0.25) is 0 Å². The lowest BCUT2D eigenvalue weighted by Crippen LogP contribution is -2.20. The highest BCUT2D eigenvalue weighted by Gasteiger charge is 2.44. The third-order valence-electron chi connectivity index (χ3n) is 4.50. The molecule has 5 atom stereocenters. The van der Waals surface area contributed by atoms with Crippen molar-refractivity contribution in [2.75, 3.05) is 19.8 Å². The molecule has 0 aromatic rings. The SMILES string of the molecule is CC(CCCOCC1CO1)C1CCC2OC2C1. The summed E-state index contributed by atoms with van der Waals surface area (Å²) in [5.41, 5.74) is 0. The van der Waals surface area contributed by atoms with Crippen molar-refractivity contribution in [3.8, 4) is 0 Å². The zero-order valence-electron chi connectivity index (χ0n) is 10.8. The van der Waals surface area contributed by atoms with Crippen LogP contribution >= 0.6 is 0 Å². The van der Waals surface area contributed by atoms with Crippen LogP contribution in [0.5, 0.6) is 0 Å². The van der Waals surface area contributed by atoms with Gasteiger partial charge in [0, 0.05) is 6.61 Å². The number of ether oxygens (including phenoxy) is 3.